The van der Waals surface area contributed by atoms with Crippen LogP contribution in [0.15, 0.2) is 0 Å². The maximum Gasteiger partial charge on any atom is 0.0223 e. The molecule has 2 fully saturated rings. The van der Waals surface area contributed by atoms with E-state index in [9.17, 15) is 0 Å². The molecule has 0 aromatic rings. The topological polar surface area (TPSA) is 18.5 Å². The van der Waals surface area contributed by atoms with Crippen LogP contribution >= 0.6 is 0 Å². The number of rotatable bonds is 5. The molecule has 2 aliphatic rings. The van der Waals surface area contributed by atoms with Crippen LogP contribution in [0, 0.1) is 0 Å². The number of hydrogen-bond donors (Lipinski definition) is 1. The smallest absolute Gasteiger partial charge is 0.0223 e. The molecular weight excluding hydrogens is 210 g/mol. The zero-order chi connectivity index (χ0) is 12.1. The van der Waals surface area contributed by atoms with Gasteiger partial charge in [-0.15, -0.1) is 0 Å². The molecule has 0 aromatic carbocycles. The first-order valence-electron chi connectivity index (χ1n) is 7.54. The molecule has 0 bridgehead atoms. The first kappa shape index (κ1) is 13.3. The fourth-order valence-corrected chi connectivity index (χ4v) is 3.41. The molecule has 0 aromatic heterocycles. The van der Waals surface area contributed by atoms with Gasteiger partial charge in [-0.25, -0.2) is 0 Å². The minimum Gasteiger partial charge on any atom is -0.315 e. The van der Waals surface area contributed by atoms with Crippen LogP contribution in [-0.4, -0.2) is 61.2 Å². The normalized spacial score (nSPS) is 28.9. The van der Waals surface area contributed by atoms with Crippen LogP contribution in [0.3, 0.4) is 0 Å². The maximum absolute atomic E-state index is 3.52. The Morgan fingerprint density at radius 3 is 2.76 bits per heavy atom. The maximum atomic E-state index is 3.52. The van der Waals surface area contributed by atoms with Gasteiger partial charge in [0.15, 0.2) is 0 Å². The monoisotopic (exact) mass is 239 g/mol. The molecule has 0 spiro atoms. The molecule has 100 valence electrons. The van der Waals surface area contributed by atoms with Gasteiger partial charge >= 0.3 is 0 Å². The largest absolute Gasteiger partial charge is 0.315 e. The third kappa shape index (κ3) is 3.43. The average molecular weight is 239 g/mol. The highest BCUT2D eigenvalue weighted by atomic mass is 15.3. The Morgan fingerprint density at radius 1 is 1.18 bits per heavy atom. The van der Waals surface area contributed by atoms with Gasteiger partial charge in [0.2, 0.25) is 0 Å². The van der Waals surface area contributed by atoms with Crippen LogP contribution < -0.4 is 5.32 Å². The molecule has 3 heteroatoms. The van der Waals surface area contributed by atoms with E-state index in [1.165, 1.54) is 58.4 Å². The molecule has 2 saturated heterocycles. The number of likely N-dealkylation sites (N-methyl/N-ethyl adjacent to an activating group) is 1. The molecular formula is C14H29N3. The standard InChI is InChI=1S/C14H29N3/c1-3-13(11-15-4-2)17-10-6-9-16-8-5-7-14(16)12-17/h13-15H,3-12H2,1-2H3. The molecule has 2 atom stereocenters. The first-order valence-corrected chi connectivity index (χ1v) is 7.54. The van der Waals surface area contributed by atoms with Crippen LogP contribution in [0.2, 0.25) is 0 Å². The van der Waals surface area contributed by atoms with Crippen LogP contribution in [-0.2, 0) is 0 Å². The Balaban J connectivity index is 1.89. The van der Waals surface area contributed by atoms with Crippen molar-refractivity contribution in [1.82, 2.24) is 15.1 Å². The van der Waals surface area contributed by atoms with Gasteiger partial charge in [0, 0.05) is 25.2 Å². The van der Waals surface area contributed by atoms with E-state index in [0.717, 1.165) is 18.6 Å². The third-order valence-electron chi connectivity index (χ3n) is 4.45. The van der Waals surface area contributed by atoms with Gasteiger partial charge in [0.05, 0.1) is 0 Å². The van der Waals surface area contributed by atoms with Crippen molar-refractivity contribution < 1.29 is 0 Å². The number of nitrogens with zero attached hydrogens (tertiary/aromatic N) is 2. The molecule has 2 heterocycles. The Morgan fingerprint density at radius 2 is 2.00 bits per heavy atom. The van der Waals surface area contributed by atoms with Gasteiger partial charge < -0.3 is 5.32 Å². The van der Waals surface area contributed by atoms with E-state index >= 15 is 0 Å². The molecule has 2 unspecified atom stereocenters. The summed E-state index contributed by atoms with van der Waals surface area (Å²) >= 11 is 0. The Kier molecular flexibility index (Phi) is 5.26. The van der Waals surface area contributed by atoms with E-state index in [4.69, 9.17) is 0 Å². The van der Waals surface area contributed by atoms with Gasteiger partial charge in [0.25, 0.3) is 0 Å². The lowest BCUT2D eigenvalue weighted by Crippen LogP contribution is -2.46. The van der Waals surface area contributed by atoms with Gasteiger partial charge in [-0.05, 0) is 51.9 Å². The summed E-state index contributed by atoms with van der Waals surface area (Å²) in [6.45, 7) is 12.1. The van der Waals surface area contributed by atoms with Crippen molar-refractivity contribution in [3.05, 3.63) is 0 Å². The summed E-state index contributed by atoms with van der Waals surface area (Å²) in [5.74, 6) is 0. The second-order valence-corrected chi connectivity index (χ2v) is 5.55. The van der Waals surface area contributed by atoms with Crippen LogP contribution in [0.1, 0.15) is 39.5 Å². The highest BCUT2D eigenvalue weighted by Gasteiger charge is 2.30. The summed E-state index contributed by atoms with van der Waals surface area (Å²) in [6.07, 6.45) is 5.48. The fourth-order valence-electron chi connectivity index (χ4n) is 3.41. The van der Waals surface area contributed by atoms with Crippen molar-refractivity contribution in [3.63, 3.8) is 0 Å². The van der Waals surface area contributed by atoms with E-state index in [-0.39, 0.29) is 0 Å². The van der Waals surface area contributed by atoms with Crippen molar-refractivity contribution in [2.45, 2.75) is 51.6 Å². The highest BCUT2D eigenvalue weighted by molar-refractivity contribution is 4.87. The lowest BCUT2D eigenvalue weighted by molar-refractivity contribution is 0.166. The molecule has 0 amide bonds. The molecule has 3 nitrogen and oxygen atoms in total. The first-order chi connectivity index (χ1) is 8.35. The summed E-state index contributed by atoms with van der Waals surface area (Å²) in [7, 11) is 0. The van der Waals surface area contributed by atoms with Crippen molar-refractivity contribution in [3.8, 4) is 0 Å². The minimum atomic E-state index is 0.746. The highest BCUT2D eigenvalue weighted by Crippen LogP contribution is 2.22. The molecule has 2 rings (SSSR count). The second kappa shape index (κ2) is 6.72. The van der Waals surface area contributed by atoms with Crippen molar-refractivity contribution in [2.24, 2.45) is 0 Å². The van der Waals surface area contributed by atoms with Gasteiger partial charge in [-0.3, -0.25) is 9.80 Å². The van der Waals surface area contributed by atoms with Gasteiger partial charge in [-0.2, -0.15) is 0 Å². The molecule has 17 heavy (non-hydrogen) atoms. The van der Waals surface area contributed by atoms with E-state index in [2.05, 4.69) is 29.0 Å². The van der Waals surface area contributed by atoms with E-state index in [0.29, 0.717) is 0 Å². The quantitative estimate of drug-likeness (QED) is 0.785. The predicted molar refractivity (Wildman–Crippen MR) is 73.4 cm³/mol. The lowest BCUT2D eigenvalue weighted by atomic mass is 10.1. The summed E-state index contributed by atoms with van der Waals surface area (Å²) in [6, 6.07) is 1.60. The lowest BCUT2D eigenvalue weighted by Gasteiger charge is -2.32. The van der Waals surface area contributed by atoms with Crippen LogP contribution in [0.5, 0.6) is 0 Å². The zero-order valence-corrected chi connectivity index (χ0v) is 11.6. The summed E-state index contributed by atoms with van der Waals surface area (Å²) < 4.78 is 0. The van der Waals surface area contributed by atoms with Crippen molar-refractivity contribution >= 4 is 0 Å². The Labute approximate surface area is 107 Å². The number of nitrogens with one attached hydrogen (secondary N) is 1. The predicted octanol–water partition coefficient (Wildman–Crippen LogP) is 1.54. The third-order valence-corrected chi connectivity index (χ3v) is 4.45. The van der Waals surface area contributed by atoms with Gasteiger partial charge in [-0.1, -0.05) is 13.8 Å². The average Bonchev–Trinajstić information content (AvgIpc) is 2.68. The SMILES string of the molecule is CCNCC(CC)N1CCCN2CCCC2C1. The Bertz CT molecular complexity index is 220. The molecule has 0 saturated carbocycles. The fraction of sp³-hybridized carbons (Fsp3) is 1.00. The van der Waals surface area contributed by atoms with E-state index in [1.54, 1.807) is 0 Å². The molecule has 0 radical (unpaired) electrons. The van der Waals surface area contributed by atoms with Crippen molar-refractivity contribution in [1.29, 1.82) is 0 Å². The van der Waals surface area contributed by atoms with E-state index < -0.39 is 0 Å². The Hall–Kier alpha value is -0.120. The van der Waals surface area contributed by atoms with Gasteiger partial charge in [0.1, 0.15) is 0 Å². The van der Waals surface area contributed by atoms with Crippen LogP contribution in [0.4, 0.5) is 0 Å². The van der Waals surface area contributed by atoms with Crippen LogP contribution in [0.25, 0.3) is 0 Å². The van der Waals surface area contributed by atoms with Crippen molar-refractivity contribution in [2.75, 3.05) is 39.3 Å². The summed E-state index contributed by atoms with van der Waals surface area (Å²) in [5, 5.41) is 3.52. The minimum absolute atomic E-state index is 0.746. The zero-order valence-electron chi connectivity index (χ0n) is 11.6. The molecule has 2 aliphatic heterocycles. The van der Waals surface area contributed by atoms with E-state index in [1.807, 2.05) is 0 Å². The number of hydrogen-bond acceptors (Lipinski definition) is 3. The molecule has 1 N–H and O–H groups in total. The number of fused-ring (bicyclic) bond motifs is 1. The second-order valence-electron chi connectivity index (χ2n) is 5.55. The molecule has 0 aliphatic carbocycles. The summed E-state index contributed by atoms with van der Waals surface area (Å²) in [5.41, 5.74) is 0. The summed E-state index contributed by atoms with van der Waals surface area (Å²) in [4.78, 5) is 5.47.